The number of benzene rings is 9. The summed E-state index contributed by atoms with van der Waals surface area (Å²) in [6.07, 6.45) is 2.98. The minimum Gasteiger partial charge on any atom is -0.456 e. The maximum Gasteiger partial charge on any atom is 0.249 e. The third kappa shape index (κ3) is 6.28. The number of fused-ring (bicyclic) bond motifs is 10. The molecule has 0 bridgehead atoms. The molecule has 0 fully saturated rings. The Balaban J connectivity index is 1.19. The third-order valence-electron chi connectivity index (χ3n) is 14.4. The molecular formula is C62H49BN2OS. The average Bonchev–Trinajstić information content (AvgIpc) is 3.91. The lowest BCUT2D eigenvalue weighted by Crippen LogP contribution is -2.60. The van der Waals surface area contributed by atoms with Crippen LogP contribution in [0.15, 0.2) is 202 Å². The lowest BCUT2D eigenvalue weighted by Gasteiger charge is -2.43. The van der Waals surface area contributed by atoms with Gasteiger partial charge < -0.3 is 13.9 Å². The van der Waals surface area contributed by atoms with Crippen LogP contribution in [0, 0.1) is 0 Å². The first-order chi connectivity index (χ1) is 32.8. The first-order valence-electron chi connectivity index (χ1n) is 23.8. The smallest absolute Gasteiger partial charge is 0.249 e. The van der Waals surface area contributed by atoms with Gasteiger partial charge in [0, 0.05) is 59.5 Å². The molecule has 0 unspecified atom stereocenters. The Kier molecular flexibility index (Phi) is 9.24. The molecule has 9 aromatic carbocycles. The summed E-state index contributed by atoms with van der Waals surface area (Å²) in [5.74, 6) is 0. The van der Waals surface area contributed by atoms with Crippen molar-refractivity contribution >= 4 is 95.7 Å². The molecule has 0 radical (unpaired) electrons. The second kappa shape index (κ2) is 15.4. The molecule has 67 heavy (non-hydrogen) atoms. The number of unbranched alkanes of at least 4 members (excludes halogenated alkanes) is 1. The molecule has 0 saturated heterocycles. The molecule has 5 heteroatoms. The van der Waals surface area contributed by atoms with E-state index in [4.69, 9.17) is 4.42 Å². The van der Waals surface area contributed by atoms with Gasteiger partial charge in [-0.1, -0.05) is 185 Å². The van der Waals surface area contributed by atoms with Crippen molar-refractivity contribution in [3.05, 3.63) is 199 Å². The number of aromatic nitrogens is 1. The highest BCUT2D eigenvalue weighted by atomic mass is 32.2. The average molecular weight is 881 g/mol. The first-order valence-corrected chi connectivity index (χ1v) is 24.7. The van der Waals surface area contributed by atoms with Crippen LogP contribution in [0.3, 0.4) is 0 Å². The molecule has 3 nitrogen and oxygen atoms in total. The highest BCUT2D eigenvalue weighted by Gasteiger charge is 2.43. The number of para-hydroxylation sites is 3. The molecule has 0 atom stereocenters. The highest BCUT2D eigenvalue weighted by Crippen LogP contribution is 2.51. The number of furan rings is 1. The van der Waals surface area contributed by atoms with Crippen molar-refractivity contribution in [2.45, 2.75) is 62.2 Å². The first kappa shape index (κ1) is 40.1. The molecule has 2 aliphatic rings. The fourth-order valence-corrected chi connectivity index (χ4v) is 12.3. The monoisotopic (exact) mass is 880 g/mol. The van der Waals surface area contributed by atoms with E-state index in [1.54, 1.807) is 0 Å². The van der Waals surface area contributed by atoms with Gasteiger partial charge in [0.05, 0.1) is 16.7 Å². The molecule has 2 aliphatic heterocycles. The minimum absolute atomic E-state index is 0.00609. The predicted octanol–water partition coefficient (Wildman–Crippen LogP) is 15.4. The standard InChI is InChI=1S/C62H49BN2OS/c1-5-6-23-47-60(48(40-21-11-8-12-22-40)38-49-46-26-15-18-29-56(46)66-61(47)49)65-54-37-43(64-52-27-16-13-24-44(52)45-25-14-17-28-53(45)64)31-32-50(54)63-51-34-41(39-19-9-7-10-20-39)30-33-57(51)67-58-36-42(62(2,3)4)35-55(65)59(58)63/h7-22,24-38H,5-6,23H2,1-4H3. The normalized spacial score (nSPS) is 13.1. The van der Waals surface area contributed by atoms with E-state index >= 15 is 0 Å². The number of aryl methyl sites for hydroxylation is 1. The van der Waals surface area contributed by atoms with Gasteiger partial charge in [-0.3, -0.25) is 0 Å². The van der Waals surface area contributed by atoms with Crippen LogP contribution in [0.5, 0.6) is 0 Å². The summed E-state index contributed by atoms with van der Waals surface area (Å²) < 4.78 is 9.56. The van der Waals surface area contributed by atoms with E-state index in [0.717, 1.165) is 41.5 Å². The molecule has 322 valence electrons. The number of rotatable bonds is 7. The van der Waals surface area contributed by atoms with Gasteiger partial charge in [0.2, 0.25) is 6.71 Å². The van der Waals surface area contributed by atoms with Crippen LogP contribution in [0.4, 0.5) is 17.1 Å². The van der Waals surface area contributed by atoms with Gasteiger partial charge in [0.15, 0.2) is 0 Å². The van der Waals surface area contributed by atoms with Crippen molar-refractivity contribution < 1.29 is 4.42 Å². The number of anilines is 3. The predicted molar refractivity (Wildman–Crippen MR) is 286 cm³/mol. The van der Waals surface area contributed by atoms with Crippen LogP contribution in [0.25, 0.3) is 71.7 Å². The van der Waals surface area contributed by atoms with Gasteiger partial charge in [0.1, 0.15) is 11.2 Å². The fraction of sp³-hybridized carbons (Fsp3) is 0.129. The number of nitrogens with zero attached hydrogens (tertiary/aromatic N) is 2. The molecule has 11 aromatic rings. The highest BCUT2D eigenvalue weighted by molar-refractivity contribution is 8.00. The largest absolute Gasteiger partial charge is 0.456 e. The molecule has 2 aromatic heterocycles. The maximum atomic E-state index is 7.08. The Hall–Kier alpha value is -7.21. The summed E-state index contributed by atoms with van der Waals surface area (Å²) in [6, 6.07) is 70.2. The van der Waals surface area contributed by atoms with E-state index < -0.39 is 0 Å². The molecule has 4 heterocycles. The summed E-state index contributed by atoms with van der Waals surface area (Å²) in [4.78, 5) is 5.33. The van der Waals surface area contributed by atoms with E-state index in [9.17, 15) is 0 Å². The van der Waals surface area contributed by atoms with Crippen LogP contribution in [-0.2, 0) is 11.8 Å². The Morgan fingerprint density at radius 2 is 1.22 bits per heavy atom. The van der Waals surface area contributed by atoms with Crippen molar-refractivity contribution in [3.63, 3.8) is 0 Å². The number of hydrogen-bond donors (Lipinski definition) is 0. The van der Waals surface area contributed by atoms with Crippen LogP contribution in [-0.4, -0.2) is 11.3 Å². The molecule has 0 saturated carbocycles. The summed E-state index contributed by atoms with van der Waals surface area (Å²) in [5, 5.41) is 4.84. The van der Waals surface area contributed by atoms with Crippen LogP contribution >= 0.6 is 11.8 Å². The van der Waals surface area contributed by atoms with Crippen molar-refractivity contribution in [2.24, 2.45) is 0 Å². The van der Waals surface area contributed by atoms with E-state index in [1.165, 1.54) is 104 Å². The zero-order chi connectivity index (χ0) is 45.0. The molecular weight excluding hydrogens is 832 g/mol. The van der Waals surface area contributed by atoms with Crippen LogP contribution in [0.1, 0.15) is 51.7 Å². The minimum atomic E-state index is -0.105. The quantitative estimate of drug-likeness (QED) is 0.149. The van der Waals surface area contributed by atoms with E-state index in [0.29, 0.717) is 0 Å². The van der Waals surface area contributed by atoms with Gasteiger partial charge in [-0.25, -0.2) is 0 Å². The van der Waals surface area contributed by atoms with E-state index in [-0.39, 0.29) is 12.1 Å². The van der Waals surface area contributed by atoms with Gasteiger partial charge in [-0.05, 0) is 106 Å². The molecule has 0 spiro atoms. The Labute approximate surface area is 396 Å². The van der Waals surface area contributed by atoms with Crippen LogP contribution in [0.2, 0.25) is 0 Å². The second-order valence-electron chi connectivity index (χ2n) is 19.5. The Morgan fingerprint density at radius 3 is 1.94 bits per heavy atom. The lowest BCUT2D eigenvalue weighted by molar-refractivity contribution is 0.589. The maximum absolute atomic E-state index is 7.08. The fourth-order valence-electron chi connectivity index (χ4n) is 11.2. The summed E-state index contributed by atoms with van der Waals surface area (Å²) >= 11 is 1.93. The van der Waals surface area contributed by atoms with Gasteiger partial charge >= 0.3 is 0 Å². The van der Waals surface area contributed by atoms with E-state index in [1.807, 2.05) is 11.8 Å². The van der Waals surface area contributed by atoms with Crippen molar-refractivity contribution in [1.82, 2.24) is 4.57 Å². The zero-order valence-electron chi connectivity index (χ0n) is 38.3. The van der Waals surface area contributed by atoms with Crippen molar-refractivity contribution in [2.75, 3.05) is 4.90 Å². The van der Waals surface area contributed by atoms with E-state index in [2.05, 4.69) is 225 Å². The topological polar surface area (TPSA) is 21.3 Å². The summed E-state index contributed by atoms with van der Waals surface area (Å²) in [7, 11) is 0. The number of hydrogen-bond acceptors (Lipinski definition) is 3. The lowest BCUT2D eigenvalue weighted by atomic mass is 9.34. The zero-order valence-corrected chi connectivity index (χ0v) is 39.1. The summed E-state index contributed by atoms with van der Waals surface area (Å²) in [5.41, 5.74) is 20.5. The molecule has 0 N–H and O–H groups in total. The summed E-state index contributed by atoms with van der Waals surface area (Å²) in [6.45, 7) is 9.38. The van der Waals surface area contributed by atoms with Crippen molar-refractivity contribution in [3.8, 4) is 27.9 Å². The Morgan fingerprint density at radius 1 is 0.552 bits per heavy atom. The van der Waals surface area contributed by atoms with Crippen molar-refractivity contribution in [1.29, 1.82) is 0 Å². The SMILES string of the molecule is CCCCc1c(N2c3cc(-n4c5ccccc5c5ccccc54)ccc3B3c4cc(-c5ccccc5)ccc4Sc4cc(C(C)(C)C)cc2c43)c(-c2ccccc2)cc2c1oc1ccccc12. The van der Waals surface area contributed by atoms with Crippen LogP contribution < -0.4 is 21.3 Å². The Bertz CT molecular complexity index is 3710. The van der Waals surface area contributed by atoms with Gasteiger partial charge in [-0.2, -0.15) is 0 Å². The third-order valence-corrected chi connectivity index (χ3v) is 15.5. The van der Waals surface area contributed by atoms with Gasteiger partial charge in [-0.15, -0.1) is 0 Å². The molecule has 0 aliphatic carbocycles. The van der Waals surface area contributed by atoms with Gasteiger partial charge in [0.25, 0.3) is 0 Å². The molecule has 0 amide bonds. The molecule has 13 rings (SSSR count). The second-order valence-corrected chi connectivity index (χ2v) is 20.5.